The molecule has 0 spiro atoms. The average molecular weight is 688 g/mol. The van der Waals surface area contributed by atoms with E-state index < -0.39 is 11.9 Å². The minimum Gasteiger partial charge on any atom is -0.493 e. The molecule has 2 amide bonds. The third-order valence-electron chi connectivity index (χ3n) is 7.46. The predicted molar refractivity (Wildman–Crippen MR) is 175 cm³/mol. The third-order valence-corrected chi connectivity index (χ3v) is 9.68. The molecule has 1 N–H and O–H groups in total. The van der Waals surface area contributed by atoms with E-state index in [9.17, 15) is 14.4 Å². The highest BCUT2D eigenvalue weighted by Gasteiger charge is 2.27. The van der Waals surface area contributed by atoms with E-state index in [1.165, 1.54) is 18.4 Å². The number of piperidine rings is 1. The van der Waals surface area contributed by atoms with Crippen LogP contribution in [0.1, 0.15) is 60.3 Å². The van der Waals surface area contributed by atoms with Gasteiger partial charge in [0.25, 0.3) is 0 Å². The van der Waals surface area contributed by atoms with Crippen molar-refractivity contribution in [1.29, 1.82) is 0 Å². The van der Waals surface area contributed by atoms with E-state index in [4.69, 9.17) is 18.9 Å². The molecule has 0 unspecified atom stereocenters. The van der Waals surface area contributed by atoms with Crippen molar-refractivity contribution >= 4 is 50.9 Å². The molecule has 236 valence electrons. The standard InChI is InChI=1S/C33H39BrN2O7S/c1-6-41-26(37)19-43-29-27(34)30(44-31(29)32(38)40-5)23-10-8-11-24(17-23)42-18-22-13-15-36(16-14-22)33(39)35-28-21(4)9-7-12-25(28)20(2)3/h7-12,17,20,22H,6,13-16,18-19H2,1-5H3,(H,35,39). The van der Waals surface area contributed by atoms with Gasteiger partial charge in [-0.2, -0.15) is 0 Å². The van der Waals surface area contributed by atoms with Crippen LogP contribution in [0.5, 0.6) is 11.5 Å². The summed E-state index contributed by atoms with van der Waals surface area (Å²) in [5.41, 5.74) is 3.93. The van der Waals surface area contributed by atoms with E-state index in [1.54, 1.807) is 6.92 Å². The highest BCUT2D eigenvalue weighted by atomic mass is 79.9. The third kappa shape index (κ3) is 8.12. The Labute approximate surface area is 271 Å². The van der Waals surface area contributed by atoms with Gasteiger partial charge in [0.05, 0.1) is 29.7 Å². The van der Waals surface area contributed by atoms with Crippen molar-refractivity contribution in [3.63, 3.8) is 0 Å². The van der Waals surface area contributed by atoms with Gasteiger partial charge >= 0.3 is 18.0 Å². The van der Waals surface area contributed by atoms with Crippen molar-refractivity contribution in [1.82, 2.24) is 4.90 Å². The van der Waals surface area contributed by atoms with Gasteiger partial charge in [0.15, 0.2) is 17.2 Å². The Balaban J connectivity index is 1.37. The number of nitrogens with zero attached hydrogens (tertiary/aromatic N) is 1. The Morgan fingerprint density at radius 1 is 1.09 bits per heavy atom. The van der Waals surface area contributed by atoms with Crippen LogP contribution < -0.4 is 14.8 Å². The zero-order chi connectivity index (χ0) is 31.8. The summed E-state index contributed by atoms with van der Waals surface area (Å²) in [4.78, 5) is 40.3. The van der Waals surface area contributed by atoms with Crippen LogP contribution in [-0.4, -0.2) is 62.9 Å². The van der Waals surface area contributed by atoms with Gasteiger partial charge in [-0.05, 0) is 83.3 Å². The summed E-state index contributed by atoms with van der Waals surface area (Å²) in [7, 11) is 1.29. The second-order valence-electron chi connectivity index (χ2n) is 10.9. The Morgan fingerprint density at radius 2 is 1.82 bits per heavy atom. The molecule has 0 bridgehead atoms. The summed E-state index contributed by atoms with van der Waals surface area (Å²) in [6.45, 7) is 9.75. The monoisotopic (exact) mass is 686 g/mol. The Hall–Kier alpha value is -3.57. The molecular weight excluding hydrogens is 648 g/mol. The fourth-order valence-electron chi connectivity index (χ4n) is 5.04. The van der Waals surface area contributed by atoms with Crippen LogP contribution in [0.3, 0.4) is 0 Å². The molecule has 0 radical (unpaired) electrons. The minimum absolute atomic E-state index is 0.0632. The molecule has 0 saturated carbocycles. The van der Waals surface area contributed by atoms with E-state index in [0.29, 0.717) is 41.8 Å². The van der Waals surface area contributed by atoms with Crippen molar-refractivity contribution in [3.8, 4) is 21.9 Å². The molecule has 3 aromatic rings. The molecule has 0 aliphatic carbocycles. The molecule has 0 atom stereocenters. The van der Waals surface area contributed by atoms with Crippen molar-refractivity contribution in [2.45, 2.75) is 46.5 Å². The lowest BCUT2D eigenvalue weighted by Gasteiger charge is -2.32. The molecular formula is C33H39BrN2O7S. The number of carbonyl (C=O) groups excluding carboxylic acids is 3. The second kappa shape index (κ2) is 15.4. The molecule has 2 heterocycles. The van der Waals surface area contributed by atoms with Gasteiger partial charge in [-0.1, -0.05) is 44.2 Å². The molecule has 1 aromatic heterocycles. The summed E-state index contributed by atoms with van der Waals surface area (Å²) >= 11 is 4.75. The number of methoxy groups -OCH3 is 1. The molecule has 1 saturated heterocycles. The highest BCUT2D eigenvalue weighted by molar-refractivity contribution is 9.10. The number of likely N-dealkylation sites (tertiary alicyclic amines) is 1. The first kappa shape index (κ1) is 33.3. The maximum atomic E-state index is 13.1. The van der Waals surface area contributed by atoms with Crippen molar-refractivity contribution in [3.05, 3.63) is 62.9 Å². The summed E-state index contributed by atoms with van der Waals surface area (Å²) in [6, 6.07) is 13.7. The normalized spacial score (nSPS) is 13.5. The first-order valence-corrected chi connectivity index (χ1v) is 16.3. The number of ether oxygens (including phenoxy) is 4. The maximum absolute atomic E-state index is 13.1. The van der Waals surface area contributed by atoms with Crippen LogP contribution in [-0.2, 0) is 14.3 Å². The van der Waals surface area contributed by atoms with E-state index in [-0.39, 0.29) is 29.9 Å². The number of urea groups is 1. The topological polar surface area (TPSA) is 103 Å². The Kier molecular flexibility index (Phi) is 11.7. The Morgan fingerprint density at radius 3 is 2.50 bits per heavy atom. The molecule has 9 nitrogen and oxygen atoms in total. The number of esters is 2. The lowest BCUT2D eigenvalue weighted by atomic mass is 9.97. The number of hydrogen-bond acceptors (Lipinski definition) is 8. The quantitative estimate of drug-likeness (QED) is 0.207. The van der Waals surface area contributed by atoms with E-state index in [0.717, 1.165) is 40.1 Å². The number of rotatable bonds is 11. The molecule has 44 heavy (non-hydrogen) atoms. The molecule has 2 aromatic carbocycles. The number of hydrogen-bond donors (Lipinski definition) is 1. The van der Waals surface area contributed by atoms with Gasteiger partial charge in [-0.3, -0.25) is 0 Å². The van der Waals surface area contributed by atoms with Crippen molar-refractivity contribution in [2.75, 3.05) is 45.3 Å². The van der Waals surface area contributed by atoms with E-state index in [1.807, 2.05) is 48.2 Å². The average Bonchev–Trinajstić information content (AvgIpc) is 3.35. The van der Waals surface area contributed by atoms with Crippen LogP contribution in [0.15, 0.2) is 46.9 Å². The fraction of sp³-hybridized carbons (Fsp3) is 0.424. The SMILES string of the molecule is CCOC(=O)COc1c(C(=O)OC)sc(-c2cccc(OCC3CCN(C(=O)Nc4c(C)cccc4C(C)C)CC3)c2)c1Br. The van der Waals surface area contributed by atoms with Crippen molar-refractivity contribution in [2.24, 2.45) is 5.92 Å². The van der Waals surface area contributed by atoms with Gasteiger partial charge in [0.2, 0.25) is 0 Å². The largest absolute Gasteiger partial charge is 0.493 e. The van der Waals surface area contributed by atoms with Crippen LogP contribution >= 0.6 is 27.3 Å². The molecule has 11 heteroatoms. The first-order valence-electron chi connectivity index (χ1n) is 14.7. The highest BCUT2D eigenvalue weighted by Crippen LogP contribution is 2.46. The molecule has 4 rings (SSSR count). The first-order chi connectivity index (χ1) is 21.1. The van der Waals surface area contributed by atoms with Crippen LogP contribution in [0.4, 0.5) is 10.5 Å². The number of amides is 2. The molecule has 1 aliphatic heterocycles. The number of aryl methyl sites for hydroxylation is 1. The van der Waals surface area contributed by atoms with Crippen LogP contribution in [0, 0.1) is 12.8 Å². The minimum atomic E-state index is -0.562. The van der Waals surface area contributed by atoms with E-state index in [2.05, 4.69) is 41.2 Å². The number of benzene rings is 2. The zero-order valence-electron chi connectivity index (χ0n) is 25.7. The van der Waals surface area contributed by atoms with E-state index >= 15 is 0 Å². The predicted octanol–water partition coefficient (Wildman–Crippen LogP) is 7.66. The number of halogens is 1. The maximum Gasteiger partial charge on any atom is 0.351 e. The summed E-state index contributed by atoms with van der Waals surface area (Å²) in [5.74, 6) is 0.458. The summed E-state index contributed by atoms with van der Waals surface area (Å²) in [6.07, 6.45) is 1.69. The van der Waals surface area contributed by atoms with Crippen molar-refractivity contribution < 1.29 is 33.3 Å². The number of carbonyl (C=O) groups is 3. The zero-order valence-corrected chi connectivity index (χ0v) is 28.1. The van der Waals surface area contributed by atoms with Gasteiger partial charge in [0, 0.05) is 18.8 Å². The Bertz CT molecular complexity index is 1480. The summed E-state index contributed by atoms with van der Waals surface area (Å²) in [5, 5.41) is 3.16. The van der Waals surface area contributed by atoms with Crippen LogP contribution in [0.2, 0.25) is 0 Å². The van der Waals surface area contributed by atoms with Gasteiger partial charge in [0.1, 0.15) is 5.75 Å². The van der Waals surface area contributed by atoms with Gasteiger partial charge < -0.3 is 29.2 Å². The lowest BCUT2D eigenvalue weighted by molar-refractivity contribution is -0.145. The lowest BCUT2D eigenvalue weighted by Crippen LogP contribution is -2.42. The fourth-order valence-corrected chi connectivity index (χ4v) is 7.01. The molecule has 1 fully saturated rings. The van der Waals surface area contributed by atoms with Gasteiger partial charge in [-0.25, -0.2) is 14.4 Å². The van der Waals surface area contributed by atoms with Gasteiger partial charge in [-0.15, -0.1) is 11.3 Å². The molecule has 1 aliphatic rings. The number of thiophene rings is 1. The smallest absolute Gasteiger partial charge is 0.351 e. The number of para-hydroxylation sites is 1. The number of nitrogens with one attached hydrogen (secondary N) is 1. The number of anilines is 1. The second-order valence-corrected chi connectivity index (χ2v) is 12.7. The van der Waals surface area contributed by atoms with Crippen LogP contribution in [0.25, 0.3) is 10.4 Å². The summed E-state index contributed by atoms with van der Waals surface area (Å²) < 4.78 is 22.3.